The fourth-order valence-corrected chi connectivity index (χ4v) is 4.48. The molecule has 0 saturated heterocycles. The molecule has 0 radical (unpaired) electrons. The van der Waals surface area contributed by atoms with Crippen molar-refractivity contribution in [1.29, 1.82) is 0 Å². The van der Waals surface area contributed by atoms with Crippen molar-refractivity contribution in [3.63, 3.8) is 0 Å². The second kappa shape index (κ2) is 25.6. The van der Waals surface area contributed by atoms with E-state index < -0.39 is 0 Å². The number of Topliss-reactive ketones (excluding diaryl/α,β-unsaturated/α-hetero) is 1. The average molecular weight is 437 g/mol. The fraction of sp³-hybridized carbons (Fsp3) is 0.931. The molecule has 0 aromatic heterocycles. The Kier molecular flexibility index (Phi) is 25.1. The van der Waals surface area contributed by atoms with Gasteiger partial charge in [0.15, 0.2) is 0 Å². The van der Waals surface area contributed by atoms with Crippen LogP contribution in [0.5, 0.6) is 0 Å². The highest BCUT2D eigenvalue weighted by Crippen LogP contribution is 2.17. The van der Waals surface area contributed by atoms with Gasteiger partial charge in [0.25, 0.3) is 0 Å². The molecule has 184 valence electrons. The summed E-state index contributed by atoms with van der Waals surface area (Å²) in [5.41, 5.74) is 0. The van der Waals surface area contributed by atoms with Crippen molar-refractivity contribution in [3.05, 3.63) is 0 Å². The first-order valence-electron chi connectivity index (χ1n) is 14.2. The van der Waals surface area contributed by atoms with E-state index in [0.29, 0.717) is 6.42 Å². The Morgan fingerprint density at radius 1 is 0.516 bits per heavy atom. The van der Waals surface area contributed by atoms with E-state index in [9.17, 15) is 9.59 Å². The normalized spacial score (nSPS) is 12.2. The summed E-state index contributed by atoms with van der Waals surface area (Å²) in [7, 11) is 0. The van der Waals surface area contributed by atoms with E-state index in [-0.39, 0.29) is 11.7 Å². The van der Waals surface area contributed by atoms with Gasteiger partial charge in [-0.1, -0.05) is 149 Å². The van der Waals surface area contributed by atoms with Crippen LogP contribution >= 0.6 is 0 Å². The summed E-state index contributed by atoms with van der Waals surface area (Å²) >= 11 is 0. The van der Waals surface area contributed by atoms with Gasteiger partial charge in [0.1, 0.15) is 12.1 Å². The van der Waals surface area contributed by atoms with Gasteiger partial charge < -0.3 is 4.79 Å². The highest BCUT2D eigenvalue weighted by atomic mass is 16.1. The number of aldehydes is 1. The second-order valence-corrected chi connectivity index (χ2v) is 9.82. The number of ketones is 1. The van der Waals surface area contributed by atoms with Crippen LogP contribution in [0.25, 0.3) is 0 Å². The third kappa shape index (κ3) is 22.3. The molecule has 31 heavy (non-hydrogen) atoms. The molecule has 0 aliphatic rings. The minimum Gasteiger partial charge on any atom is -0.303 e. The summed E-state index contributed by atoms with van der Waals surface area (Å²) in [6.45, 7) is 4.53. The monoisotopic (exact) mass is 436 g/mol. The van der Waals surface area contributed by atoms with Crippen LogP contribution in [0, 0.1) is 5.92 Å². The zero-order valence-corrected chi connectivity index (χ0v) is 21.4. The zero-order chi connectivity index (χ0) is 22.8. The summed E-state index contributed by atoms with van der Waals surface area (Å²) in [6.07, 6.45) is 31.0. The number of hydrogen-bond donors (Lipinski definition) is 0. The second-order valence-electron chi connectivity index (χ2n) is 9.82. The van der Waals surface area contributed by atoms with Gasteiger partial charge in [0.2, 0.25) is 0 Å². The maximum Gasteiger partial charge on any atom is 0.143 e. The molecule has 0 aliphatic carbocycles. The van der Waals surface area contributed by atoms with E-state index in [1.165, 1.54) is 122 Å². The van der Waals surface area contributed by atoms with Gasteiger partial charge >= 0.3 is 0 Å². The van der Waals surface area contributed by atoms with Crippen molar-refractivity contribution < 1.29 is 9.59 Å². The van der Waals surface area contributed by atoms with E-state index in [2.05, 4.69) is 13.8 Å². The summed E-state index contributed by atoms with van der Waals surface area (Å²) in [5.74, 6) is -0.140. The maximum atomic E-state index is 12.3. The third-order valence-corrected chi connectivity index (χ3v) is 6.72. The van der Waals surface area contributed by atoms with E-state index in [4.69, 9.17) is 0 Å². The number of carbonyl (C=O) groups is 2. The van der Waals surface area contributed by atoms with Crippen molar-refractivity contribution in [2.45, 2.75) is 168 Å². The van der Waals surface area contributed by atoms with Crippen LogP contribution in [0.2, 0.25) is 0 Å². The molecule has 0 rings (SSSR count). The van der Waals surface area contributed by atoms with Gasteiger partial charge in [-0.3, -0.25) is 4.79 Å². The Morgan fingerprint density at radius 3 is 1.19 bits per heavy atom. The molecule has 0 bridgehead atoms. The molecule has 1 atom stereocenters. The van der Waals surface area contributed by atoms with Gasteiger partial charge in [-0.2, -0.15) is 0 Å². The largest absolute Gasteiger partial charge is 0.303 e. The molecule has 0 N–H and O–H groups in total. The first kappa shape index (κ1) is 30.3. The standard InChI is InChI=1S/C29H56O2/c1-3-5-7-9-11-13-15-16-17-19-21-23-25-28(27-30)29(31)26-24-22-20-18-14-12-10-8-6-4-2/h27-28H,3-26H2,1-2H3. The minimum absolute atomic E-state index is 0.192. The first-order chi connectivity index (χ1) is 15.3. The van der Waals surface area contributed by atoms with Crippen molar-refractivity contribution in [3.8, 4) is 0 Å². The van der Waals surface area contributed by atoms with E-state index in [0.717, 1.165) is 32.0 Å². The van der Waals surface area contributed by atoms with Crippen LogP contribution in [-0.4, -0.2) is 12.1 Å². The average Bonchev–Trinajstić information content (AvgIpc) is 2.78. The van der Waals surface area contributed by atoms with Gasteiger partial charge in [-0.05, 0) is 12.8 Å². The molecule has 0 amide bonds. The lowest BCUT2D eigenvalue weighted by Crippen LogP contribution is -2.15. The number of unbranched alkanes of at least 4 members (excludes halogenated alkanes) is 20. The predicted octanol–water partition coefficient (Wildman–Crippen LogP) is 9.77. The highest BCUT2D eigenvalue weighted by molar-refractivity contribution is 5.93. The SMILES string of the molecule is CCCCCCCCCCCCCCC(C=O)C(=O)CCCCCCCCCCCC. The predicted molar refractivity (Wildman–Crippen MR) is 137 cm³/mol. The third-order valence-electron chi connectivity index (χ3n) is 6.72. The Labute approximate surface area is 195 Å². The van der Waals surface area contributed by atoms with Crippen molar-refractivity contribution in [1.82, 2.24) is 0 Å². The topological polar surface area (TPSA) is 34.1 Å². The van der Waals surface area contributed by atoms with Gasteiger partial charge in [0, 0.05) is 6.42 Å². The molecular weight excluding hydrogens is 380 g/mol. The summed E-state index contributed by atoms with van der Waals surface area (Å²) in [6, 6.07) is 0. The van der Waals surface area contributed by atoms with Crippen LogP contribution in [0.3, 0.4) is 0 Å². The maximum absolute atomic E-state index is 12.3. The molecule has 0 aliphatic heterocycles. The van der Waals surface area contributed by atoms with Crippen molar-refractivity contribution >= 4 is 12.1 Å². The lowest BCUT2D eigenvalue weighted by molar-refractivity contribution is -0.127. The molecule has 0 saturated carbocycles. The van der Waals surface area contributed by atoms with Gasteiger partial charge in [0.05, 0.1) is 5.92 Å². The lowest BCUT2D eigenvalue weighted by atomic mass is 9.94. The number of hydrogen-bond acceptors (Lipinski definition) is 2. The highest BCUT2D eigenvalue weighted by Gasteiger charge is 2.16. The van der Waals surface area contributed by atoms with E-state index in [1.54, 1.807) is 0 Å². The van der Waals surface area contributed by atoms with Gasteiger partial charge in [-0.15, -0.1) is 0 Å². The molecule has 0 fully saturated rings. The Balaban J connectivity index is 3.46. The van der Waals surface area contributed by atoms with Crippen LogP contribution in [0.1, 0.15) is 168 Å². The fourth-order valence-electron chi connectivity index (χ4n) is 4.48. The Bertz CT molecular complexity index is 377. The lowest BCUT2D eigenvalue weighted by Gasteiger charge is -2.09. The molecule has 1 unspecified atom stereocenters. The van der Waals surface area contributed by atoms with Crippen LogP contribution in [-0.2, 0) is 9.59 Å². The molecule has 0 aromatic rings. The number of carbonyl (C=O) groups excluding carboxylic acids is 2. The first-order valence-corrected chi connectivity index (χ1v) is 14.2. The molecule has 2 nitrogen and oxygen atoms in total. The molecule has 0 heterocycles. The van der Waals surface area contributed by atoms with Crippen LogP contribution < -0.4 is 0 Å². The van der Waals surface area contributed by atoms with Crippen molar-refractivity contribution in [2.75, 3.05) is 0 Å². The number of rotatable bonds is 26. The molecule has 2 heteroatoms. The Hall–Kier alpha value is -0.660. The van der Waals surface area contributed by atoms with Gasteiger partial charge in [-0.25, -0.2) is 0 Å². The zero-order valence-electron chi connectivity index (χ0n) is 21.4. The quantitative estimate of drug-likeness (QED) is 0.0768. The van der Waals surface area contributed by atoms with E-state index >= 15 is 0 Å². The smallest absolute Gasteiger partial charge is 0.143 e. The minimum atomic E-state index is -0.332. The van der Waals surface area contributed by atoms with Crippen LogP contribution in [0.15, 0.2) is 0 Å². The summed E-state index contributed by atoms with van der Waals surface area (Å²) in [4.78, 5) is 23.7. The van der Waals surface area contributed by atoms with Crippen LogP contribution in [0.4, 0.5) is 0 Å². The molecule has 0 aromatic carbocycles. The summed E-state index contributed by atoms with van der Waals surface area (Å²) < 4.78 is 0. The molecule has 0 spiro atoms. The Morgan fingerprint density at radius 2 is 0.839 bits per heavy atom. The van der Waals surface area contributed by atoms with Crippen molar-refractivity contribution in [2.24, 2.45) is 5.92 Å². The van der Waals surface area contributed by atoms with E-state index in [1.807, 2.05) is 0 Å². The molecular formula is C29H56O2. The summed E-state index contributed by atoms with van der Waals surface area (Å²) in [5, 5.41) is 0.